The van der Waals surface area contributed by atoms with Crippen LogP contribution in [0, 0.1) is 0 Å². The second-order valence-corrected chi connectivity index (χ2v) is 13.0. The van der Waals surface area contributed by atoms with E-state index < -0.39 is 50.3 Å². The number of unbranched alkanes of at least 4 members (excludes halogenated alkanes) is 1. The first kappa shape index (κ1) is 37.3. The van der Waals surface area contributed by atoms with Crippen LogP contribution in [0.2, 0.25) is 0 Å². The summed E-state index contributed by atoms with van der Waals surface area (Å²) in [7, 11) is -4.39. The SMILES string of the molecule is C.CCCCOC(=O)[C@H](C)NP(=O)(OC[C@H]1O[C@@H](n2cnc3c(OCC)nc(N)nc32)[C@](C)(N=[N+]=[N-])[C@@H]1O)Oc1cccc2ccccc12. The molecule has 0 bridgehead atoms. The number of ether oxygens (including phenoxy) is 3. The van der Waals surface area contributed by atoms with E-state index in [0.29, 0.717) is 11.8 Å². The van der Waals surface area contributed by atoms with E-state index in [1.807, 2.05) is 25.1 Å². The molecule has 264 valence electrons. The number of hydrogen-bond donors (Lipinski definition) is 3. The van der Waals surface area contributed by atoms with Crippen LogP contribution in [0.3, 0.4) is 0 Å². The number of hydrogen-bond acceptors (Lipinski definition) is 13. The summed E-state index contributed by atoms with van der Waals surface area (Å²) in [5.74, 6) is -0.381. The molecule has 6 atom stereocenters. The van der Waals surface area contributed by atoms with Gasteiger partial charge in [-0.3, -0.25) is 13.9 Å². The highest BCUT2D eigenvalue weighted by molar-refractivity contribution is 7.52. The van der Waals surface area contributed by atoms with E-state index in [9.17, 15) is 20.0 Å². The Balaban J connectivity index is 0.00000541. The summed E-state index contributed by atoms with van der Waals surface area (Å²) in [4.78, 5) is 28.4. The number of esters is 1. The lowest BCUT2D eigenvalue weighted by Crippen LogP contribution is -2.43. The molecule has 1 aliphatic heterocycles. The zero-order chi connectivity index (χ0) is 34.5. The zero-order valence-electron chi connectivity index (χ0n) is 26.9. The second kappa shape index (κ2) is 15.8. The largest absolute Gasteiger partial charge is 0.476 e. The third kappa shape index (κ3) is 7.88. The molecule has 18 heteroatoms. The van der Waals surface area contributed by atoms with Crippen molar-refractivity contribution in [3.8, 4) is 11.6 Å². The van der Waals surface area contributed by atoms with Gasteiger partial charge in [0, 0.05) is 10.3 Å². The molecule has 4 aromatic rings. The maximum absolute atomic E-state index is 14.4. The molecular formula is C31H42N9O8P. The van der Waals surface area contributed by atoms with Gasteiger partial charge in [-0.15, -0.1) is 0 Å². The molecule has 2 aromatic carbocycles. The van der Waals surface area contributed by atoms with E-state index in [2.05, 4.69) is 30.1 Å². The van der Waals surface area contributed by atoms with Crippen LogP contribution in [-0.2, 0) is 23.4 Å². The number of azide groups is 1. The molecule has 1 fully saturated rings. The molecule has 4 N–H and O–H groups in total. The van der Waals surface area contributed by atoms with Crippen molar-refractivity contribution in [1.82, 2.24) is 24.6 Å². The maximum atomic E-state index is 14.4. The number of nitrogens with two attached hydrogens (primary N) is 1. The van der Waals surface area contributed by atoms with Gasteiger partial charge in [-0.1, -0.05) is 62.3 Å². The molecule has 0 radical (unpaired) electrons. The normalized spacial score (nSPS) is 22.1. The lowest BCUT2D eigenvalue weighted by molar-refractivity contribution is -0.145. The quantitative estimate of drug-likeness (QED) is 0.0350. The lowest BCUT2D eigenvalue weighted by Gasteiger charge is -2.28. The average Bonchev–Trinajstić information content (AvgIpc) is 3.58. The van der Waals surface area contributed by atoms with Gasteiger partial charge in [0.05, 0.1) is 32.3 Å². The Morgan fingerprint density at radius 2 is 2.02 bits per heavy atom. The fourth-order valence-electron chi connectivity index (χ4n) is 5.30. The summed E-state index contributed by atoms with van der Waals surface area (Å²) >= 11 is 0. The molecule has 17 nitrogen and oxygen atoms in total. The molecule has 0 amide bonds. The molecule has 2 aromatic heterocycles. The number of nitrogen functional groups attached to an aromatic ring is 1. The predicted octanol–water partition coefficient (Wildman–Crippen LogP) is 5.45. The van der Waals surface area contributed by atoms with Gasteiger partial charge in [-0.25, -0.2) is 9.55 Å². The van der Waals surface area contributed by atoms with Crippen molar-refractivity contribution in [2.45, 2.75) is 78.0 Å². The van der Waals surface area contributed by atoms with Crippen LogP contribution in [0.5, 0.6) is 11.6 Å². The number of aliphatic hydroxyl groups excluding tert-OH is 1. The smallest absolute Gasteiger partial charge is 0.459 e. The Morgan fingerprint density at radius 1 is 1.27 bits per heavy atom. The summed E-state index contributed by atoms with van der Waals surface area (Å²) < 4.78 is 44.8. The highest BCUT2D eigenvalue weighted by Gasteiger charge is 2.55. The molecule has 0 saturated carbocycles. The number of fused-ring (bicyclic) bond motifs is 2. The molecule has 1 saturated heterocycles. The first-order valence-electron chi connectivity index (χ1n) is 15.4. The van der Waals surface area contributed by atoms with Crippen molar-refractivity contribution in [3.63, 3.8) is 0 Å². The van der Waals surface area contributed by atoms with Gasteiger partial charge in [-0.05, 0) is 44.2 Å². The Bertz CT molecular complexity index is 1860. The monoisotopic (exact) mass is 699 g/mol. The Hall–Kier alpha value is -4.50. The van der Waals surface area contributed by atoms with Gasteiger partial charge in [-0.2, -0.15) is 15.1 Å². The highest BCUT2D eigenvalue weighted by Crippen LogP contribution is 2.49. The van der Waals surface area contributed by atoms with E-state index in [0.717, 1.165) is 11.8 Å². The first-order valence-corrected chi connectivity index (χ1v) is 17.0. The van der Waals surface area contributed by atoms with E-state index in [4.69, 9.17) is 29.0 Å². The number of carbonyl (C=O) groups excluding carboxylic acids is 1. The van der Waals surface area contributed by atoms with Crippen LogP contribution < -0.4 is 20.1 Å². The second-order valence-electron chi connectivity index (χ2n) is 11.3. The average molecular weight is 700 g/mol. The van der Waals surface area contributed by atoms with Crippen molar-refractivity contribution < 1.29 is 37.7 Å². The predicted molar refractivity (Wildman–Crippen MR) is 182 cm³/mol. The molecule has 0 spiro atoms. The van der Waals surface area contributed by atoms with Crippen LogP contribution in [0.15, 0.2) is 53.9 Å². The van der Waals surface area contributed by atoms with Crippen LogP contribution in [0.25, 0.3) is 32.4 Å². The number of nitrogens with one attached hydrogen (secondary N) is 1. The van der Waals surface area contributed by atoms with Gasteiger partial charge < -0.3 is 29.6 Å². The maximum Gasteiger partial charge on any atom is 0.459 e. The van der Waals surface area contributed by atoms with Gasteiger partial charge in [0.15, 0.2) is 17.4 Å². The summed E-state index contributed by atoms with van der Waals surface area (Å²) in [5.41, 5.74) is 14.2. The molecule has 5 rings (SSSR count). The van der Waals surface area contributed by atoms with Crippen molar-refractivity contribution in [2.24, 2.45) is 5.11 Å². The molecule has 3 heterocycles. The first-order chi connectivity index (χ1) is 23.0. The van der Waals surface area contributed by atoms with Crippen molar-refractivity contribution in [1.29, 1.82) is 0 Å². The number of carbonyl (C=O) groups is 1. The van der Waals surface area contributed by atoms with Crippen molar-refractivity contribution in [3.05, 3.63) is 59.2 Å². The van der Waals surface area contributed by atoms with E-state index in [1.54, 1.807) is 31.2 Å². The fourth-order valence-corrected chi connectivity index (χ4v) is 6.82. The van der Waals surface area contributed by atoms with Crippen LogP contribution in [-0.4, -0.2) is 74.2 Å². The number of imidazole rings is 1. The number of aliphatic hydroxyl groups is 1. The summed E-state index contributed by atoms with van der Waals surface area (Å²) in [6.07, 6.45) is -1.02. The van der Waals surface area contributed by atoms with Crippen molar-refractivity contribution in [2.75, 3.05) is 25.6 Å². The number of rotatable bonds is 15. The minimum Gasteiger partial charge on any atom is -0.476 e. The Kier molecular flexibility index (Phi) is 12.0. The van der Waals surface area contributed by atoms with E-state index in [1.165, 1.54) is 24.7 Å². The lowest BCUT2D eigenvalue weighted by atomic mass is 9.93. The van der Waals surface area contributed by atoms with E-state index >= 15 is 0 Å². The topological polar surface area (TPSA) is 231 Å². The van der Waals surface area contributed by atoms with Gasteiger partial charge in [0.2, 0.25) is 11.8 Å². The third-order valence-corrected chi connectivity index (χ3v) is 9.41. The van der Waals surface area contributed by atoms with Crippen molar-refractivity contribution >= 4 is 41.6 Å². The number of anilines is 1. The zero-order valence-corrected chi connectivity index (χ0v) is 27.8. The number of nitrogens with zero attached hydrogens (tertiary/aromatic N) is 7. The third-order valence-electron chi connectivity index (χ3n) is 7.78. The Morgan fingerprint density at radius 3 is 2.76 bits per heavy atom. The molecule has 0 aliphatic carbocycles. The number of benzene rings is 2. The summed E-state index contributed by atoms with van der Waals surface area (Å²) in [6.45, 7) is 6.66. The standard InChI is InChI=1S/C30H38N9O8P.CH4/c1-5-7-15-44-27(41)18(3)36-48(42,47-21-14-10-12-19-11-8-9-13-20(19)21)45-16-22-24(40)30(4,37-38-32)28(46-22)39-17-33-23-25(39)34-29(31)35-26(23)43-6-2;/h8-14,17-18,22,24,28,40H,5-7,15-16H2,1-4H3,(H,36,42)(H2,31,34,35);1H4/t18-,22+,24+,28+,30+,48?;/m0./s1. The fraction of sp³-hybridized carbons (Fsp3) is 0.484. The van der Waals surface area contributed by atoms with E-state index in [-0.39, 0.29) is 49.4 Å². The van der Waals surface area contributed by atoms with Crippen LogP contribution in [0.1, 0.15) is 54.2 Å². The molecule has 49 heavy (non-hydrogen) atoms. The number of aromatic nitrogens is 4. The molecular weight excluding hydrogens is 657 g/mol. The van der Waals surface area contributed by atoms with Gasteiger partial charge in [0.25, 0.3) is 0 Å². The minimum absolute atomic E-state index is 0. The van der Waals surface area contributed by atoms with Crippen LogP contribution >= 0.6 is 7.75 Å². The summed E-state index contributed by atoms with van der Waals surface area (Å²) in [6, 6.07) is 11.4. The minimum atomic E-state index is -4.39. The highest BCUT2D eigenvalue weighted by atomic mass is 31.2. The van der Waals surface area contributed by atoms with Gasteiger partial charge in [0.1, 0.15) is 23.4 Å². The summed E-state index contributed by atoms with van der Waals surface area (Å²) in [5, 5.41) is 19.5. The Labute approximate surface area is 283 Å². The molecule has 1 unspecified atom stereocenters. The van der Waals surface area contributed by atoms with Crippen LogP contribution in [0.4, 0.5) is 5.95 Å². The van der Waals surface area contributed by atoms with Gasteiger partial charge >= 0.3 is 13.7 Å². The molecule has 1 aliphatic rings.